The molecule has 3 aromatic rings. The molecule has 6 nitrogen and oxygen atoms in total. The van der Waals surface area contributed by atoms with Gasteiger partial charge in [0, 0.05) is 21.7 Å². The van der Waals surface area contributed by atoms with E-state index in [1.54, 1.807) is 12.1 Å². The van der Waals surface area contributed by atoms with Gasteiger partial charge in [-0.2, -0.15) is 0 Å². The van der Waals surface area contributed by atoms with Crippen molar-refractivity contribution >= 4 is 33.8 Å². The third-order valence-corrected chi connectivity index (χ3v) is 3.45. The topological polar surface area (TPSA) is 98.1 Å². The molecule has 0 unspecified atom stereocenters. The van der Waals surface area contributed by atoms with Crippen LogP contribution in [0.4, 0.5) is 17.1 Å². The fourth-order valence-corrected chi connectivity index (χ4v) is 2.41. The van der Waals surface area contributed by atoms with Gasteiger partial charge >= 0.3 is 5.97 Å². The number of azide groups is 1. The van der Waals surface area contributed by atoms with Gasteiger partial charge in [0.25, 0.3) is 0 Å². The molecule has 0 aliphatic rings. The second-order valence-electron chi connectivity index (χ2n) is 4.88. The first-order valence-electron chi connectivity index (χ1n) is 6.86. The van der Waals surface area contributed by atoms with Gasteiger partial charge in [0.05, 0.1) is 11.3 Å². The maximum atomic E-state index is 11.5. The lowest BCUT2D eigenvalue weighted by Gasteiger charge is -2.12. The number of nitrogens with one attached hydrogen (secondary N) is 1. The fraction of sp³-hybridized carbons (Fsp3) is 0. The van der Waals surface area contributed by atoms with E-state index in [-0.39, 0.29) is 11.3 Å². The van der Waals surface area contributed by atoms with Crippen molar-refractivity contribution in [2.75, 3.05) is 5.32 Å². The number of rotatable bonds is 4. The van der Waals surface area contributed by atoms with Crippen LogP contribution in [-0.4, -0.2) is 11.1 Å². The lowest BCUT2D eigenvalue weighted by molar-refractivity contribution is 0.0698. The van der Waals surface area contributed by atoms with Crippen molar-refractivity contribution in [2.24, 2.45) is 5.11 Å². The number of carbonyl (C=O) groups is 1. The van der Waals surface area contributed by atoms with Crippen molar-refractivity contribution < 1.29 is 9.90 Å². The van der Waals surface area contributed by atoms with Crippen molar-refractivity contribution in [1.29, 1.82) is 0 Å². The summed E-state index contributed by atoms with van der Waals surface area (Å²) in [4.78, 5) is 14.1. The zero-order valence-electron chi connectivity index (χ0n) is 12.0. The minimum Gasteiger partial charge on any atom is -0.478 e. The zero-order chi connectivity index (χ0) is 16.2. The van der Waals surface area contributed by atoms with Crippen molar-refractivity contribution in [3.8, 4) is 0 Å². The Morgan fingerprint density at radius 1 is 1.04 bits per heavy atom. The van der Waals surface area contributed by atoms with E-state index >= 15 is 0 Å². The molecule has 0 aromatic heterocycles. The van der Waals surface area contributed by atoms with Crippen LogP contribution in [0.1, 0.15) is 10.4 Å². The van der Waals surface area contributed by atoms with Gasteiger partial charge in [-0.1, -0.05) is 47.6 Å². The maximum absolute atomic E-state index is 11.5. The minimum absolute atomic E-state index is 0.0443. The van der Waals surface area contributed by atoms with Gasteiger partial charge < -0.3 is 10.4 Å². The number of benzene rings is 3. The molecule has 0 atom stereocenters. The molecule has 0 spiro atoms. The highest BCUT2D eigenvalue weighted by Crippen LogP contribution is 2.30. The van der Waals surface area contributed by atoms with Gasteiger partial charge in [-0.25, -0.2) is 4.79 Å². The van der Waals surface area contributed by atoms with Crippen LogP contribution in [0.2, 0.25) is 0 Å². The zero-order valence-corrected chi connectivity index (χ0v) is 12.0. The first-order valence-corrected chi connectivity index (χ1v) is 6.86. The predicted molar refractivity (Wildman–Crippen MR) is 89.4 cm³/mol. The van der Waals surface area contributed by atoms with Gasteiger partial charge in [0.1, 0.15) is 0 Å². The molecule has 0 heterocycles. The summed E-state index contributed by atoms with van der Waals surface area (Å²) < 4.78 is 0. The van der Waals surface area contributed by atoms with E-state index < -0.39 is 5.97 Å². The van der Waals surface area contributed by atoms with E-state index in [0.717, 1.165) is 16.5 Å². The van der Waals surface area contributed by atoms with E-state index in [9.17, 15) is 9.90 Å². The highest BCUT2D eigenvalue weighted by atomic mass is 16.4. The van der Waals surface area contributed by atoms with Crippen LogP contribution in [0.25, 0.3) is 21.2 Å². The van der Waals surface area contributed by atoms with Gasteiger partial charge in [-0.3, -0.25) is 0 Å². The molecule has 0 fully saturated rings. The average molecular weight is 304 g/mol. The fourth-order valence-electron chi connectivity index (χ4n) is 2.41. The Morgan fingerprint density at radius 3 is 2.61 bits per heavy atom. The first kappa shape index (κ1) is 14.4. The molecular weight excluding hydrogens is 292 g/mol. The van der Waals surface area contributed by atoms with Gasteiger partial charge in [-0.05, 0) is 29.1 Å². The summed E-state index contributed by atoms with van der Waals surface area (Å²) in [5, 5.41) is 18.0. The highest BCUT2D eigenvalue weighted by Gasteiger charge is 2.12. The van der Waals surface area contributed by atoms with Crippen LogP contribution in [0.3, 0.4) is 0 Å². The molecule has 2 N–H and O–H groups in total. The SMILES string of the molecule is [N-]=[N+]=Nc1ccc(Nc2cccc3ccccc23)c(C(=O)O)c1. The van der Waals surface area contributed by atoms with Gasteiger partial charge in [-0.15, -0.1) is 0 Å². The van der Waals surface area contributed by atoms with E-state index in [1.165, 1.54) is 6.07 Å². The number of carboxylic acid groups (broad SMARTS) is 1. The number of nitrogens with zero attached hydrogens (tertiary/aromatic N) is 3. The van der Waals surface area contributed by atoms with E-state index in [2.05, 4.69) is 15.3 Å². The van der Waals surface area contributed by atoms with E-state index in [1.807, 2.05) is 42.5 Å². The Kier molecular flexibility index (Phi) is 3.82. The average Bonchev–Trinajstić information content (AvgIpc) is 2.56. The second-order valence-corrected chi connectivity index (χ2v) is 4.88. The Balaban J connectivity index is 2.08. The summed E-state index contributed by atoms with van der Waals surface area (Å²) in [6, 6.07) is 18.1. The smallest absolute Gasteiger partial charge is 0.337 e. The first-order chi connectivity index (χ1) is 11.2. The van der Waals surface area contributed by atoms with E-state index in [4.69, 9.17) is 5.53 Å². The lowest BCUT2D eigenvalue weighted by atomic mass is 10.1. The van der Waals surface area contributed by atoms with Gasteiger partial charge in [0.15, 0.2) is 0 Å². The molecule has 6 heteroatoms. The minimum atomic E-state index is -1.09. The standard InChI is InChI=1S/C17H12N4O2/c18-21-20-12-8-9-16(14(10-12)17(22)23)19-15-7-3-5-11-4-1-2-6-13(11)15/h1-10,19H,(H,22,23). The molecule has 0 amide bonds. The quantitative estimate of drug-likeness (QED) is 0.392. The molecular formula is C17H12N4O2. The van der Waals surface area contributed by atoms with Crippen LogP contribution in [0.5, 0.6) is 0 Å². The predicted octanol–water partition coefficient (Wildman–Crippen LogP) is 5.22. The number of fused-ring (bicyclic) bond motifs is 1. The molecule has 0 aliphatic carbocycles. The van der Waals surface area contributed by atoms with Crippen molar-refractivity contribution in [1.82, 2.24) is 0 Å². The number of carboxylic acids is 1. The van der Waals surface area contributed by atoms with Crippen LogP contribution >= 0.6 is 0 Å². The monoisotopic (exact) mass is 304 g/mol. The number of aromatic carboxylic acids is 1. The largest absolute Gasteiger partial charge is 0.478 e. The summed E-state index contributed by atoms with van der Waals surface area (Å²) in [5.41, 5.74) is 10.0. The molecule has 0 saturated carbocycles. The van der Waals surface area contributed by atoms with Crippen molar-refractivity contribution in [3.05, 3.63) is 76.7 Å². The number of anilines is 2. The van der Waals surface area contributed by atoms with E-state index in [0.29, 0.717) is 5.69 Å². The normalized spacial score (nSPS) is 10.1. The third kappa shape index (κ3) is 2.92. The summed E-state index contributed by atoms with van der Waals surface area (Å²) >= 11 is 0. The molecule has 0 aliphatic heterocycles. The molecule has 3 aromatic carbocycles. The second kappa shape index (κ2) is 6.09. The summed E-state index contributed by atoms with van der Waals surface area (Å²) in [6.07, 6.45) is 0. The Labute approximate surface area is 131 Å². The Bertz CT molecular complexity index is 941. The molecule has 0 radical (unpaired) electrons. The molecule has 0 bridgehead atoms. The van der Waals surface area contributed by atoms with Crippen LogP contribution < -0.4 is 5.32 Å². The van der Waals surface area contributed by atoms with Crippen molar-refractivity contribution in [2.45, 2.75) is 0 Å². The summed E-state index contributed by atoms with van der Waals surface area (Å²) in [6.45, 7) is 0. The molecule has 3 rings (SSSR count). The van der Waals surface area contributed by atoms with Crippen LogP contribution in [0.15, 0.2) is 65.8 Å². The molecule has 0 saturated heterocycles. The molecule has 23 heavy (non-hydrogen) atoms. The van der Waals surface area contributed by atoms with Gasteiger partial charge in [0.2, 0.25) is 0 Å². The lowest BCUT2D eigenvalue weighted by Crippen LogP contribution is -2.02. The maximum Gasteiger partial charge on any atom is 0.337 e. The number of hydrogen-bond acceptors (Lipinski definition) is 3. The summed E-state index contributed by atoms with van der Waals surface area (Å²) in [7, 11) is 0. The van der Waals surface area contributed by atoms with Crippen LogP contribution in [0, 0.1) is 0 Å². The number of hydrogen-bond donors (Lipinski definition) is 2. The Hall–Kier alpha value is -3.50. The summed E-state index contributed by atoms with van der Waals surface area (Å²) in [5.74, 6) is -1.09. The third-order valence-electron chi connectivity index (χ3n) is 3.45. The Morgan fingerprint density at radius 2 is 1.83 bits per heavy atom. The molecule has 112 valence electrons. The van der Waals surface area contributed by atoms with Crippen LogP contribution in [-0.2, 0) is 0 Å². The van der Waals surface area contributed by atoms with Crippen molar-refractivity contribution in [3.63, 3.8) is 0 Å². The highest BCUT2D eigenvalue weighted by molar-refractivity contribution is 6.00.